The molecule has 0 spiro atoms. The first kappa shape index (κ1) is 98.7. The number of rotatable bonds is 51. The standard InChI is InChI=1S/C71H110N22O24S/c1-32(2)19-43(61(107)88-48(28-95)65(111)87-46(70(116)117)21-36-24-78-40-12-8-7-11-38(36)40)84-64(110)49(29-96)89-66(112)51-14-10-18-93(51)69(115)45(22-37-25-76-31-80-37)86-59(105)41(13-9-17-77-71(74)75)82-60(106)42(15-16-54(101)102)83-67(113)55(34(5)97)92-68(114)56(35(6)98)91-62(108)44(20-33(3)4)85-63(109)47(27-94)81-53(100)26-79-58(104)50(30-118)90-57(103)39(72)23-52(73)99/h7-8,11-12,24-25,31-35,39,41-51,55-56,78,94-98,118H,9-10,13-23,26-30,72H2,1-6H3,(H2,73,99)(H,76,80)(H,79,104)(H,81,100)(H,82,106)(H,83,113)(H,84,110)(H,85,109)(H,86,105)(H,87,111)(H,88,107)(H,89,112)(H,90,103)(H,91,108)(H,92,114)(H,101,102)(H,116,117)(H4,74,75,77). The molecule has 0 radical (unpaired) electrons. The smallest absolute Gasteiger partial charge is 0.326 e. The van der Waals surface area contributed by atoms with Crippen LogP contribution in [0.25, 0.3) is 10.9 Å². The molecule has 47 heteroatoms. The van der Waals surface area contributed by atoms with Gasteiger partial charge in [0.05, 0.1) is 57.4 Å². The van der Waals surface area contributed by atoms with Crippen LogP contribution in [0, 0.1) is 11.8 Å². The van der Waals surface area contributed by atoms with Crippen LogP contribution >= 0.6 is 12.6 Å². The third-order valence-electron chi connectivity index (χ3n) is 18.3. The number of nitrogens with one attached hydrogen (secondary N) is 15. The van der Waals surface area contributed by atoms with E-state index in [0.717, 1.165) is 18.7 Å². The number of aliphatic hydroxyl groups excluding tert-OH is 5. The highest BCUT2D eigenvalue weighted by atomic mass is 32.1. The number of nitrogens with zero attached hydrogens (tertiary/aromatic N) is 3. The van der Waals surface area contributed by atoms with Crippen LogP contribution in [0.4, 0.5) is 0 Å². The van der Waals surface area contributed by atoms with Crippen LogP contribution in [0.2, 0.25) is 0 Å². The van der Waals surface area contributed by atoms with E-state index in [9.17, 15) is 117 Å². The number of aromatic amines is 2. The van der Waals surface area contributed by atoms with Crippen molar-refractivity contribution in [2.45, 2.75) is 209 Å². The van der Waals surface area contributed by atoms with Crippen molar-refractivity contribution < 1.29 is 117 Å². The molecule has 1 saturated heterocycles. The van der Waals surface area contributed by atoms with Crippen LogP contribution in [0.15, 0.2) is 48.0 Å². The Labute approximate surface area is 681 Å². The van der Waals surface area contributed by atoms with Crippen LogP contribution in [-0.2, 0) is 94.3 Å². The molecule has 30 N–H and O–H groups in total. The van der Waals surface area contributed by atoms with Crippen LogP contribution in [0.1, 0.15) is 111 Å². The van der Waals surface area contributed by atoms with Crippen LogP contribution < -0.4 is 92.1 Å². The summed E-state index contributed by atoms with van der Waals surface area (Å²) in [6.07, 6.45) is -2.88. The number of likely N-dealkylation sites (tertiary alicyclic amines) is 1. The molecule has 46 nitrogen and oxygen atoms in total. The van der Waals surface area contributed by atoms with Gasteiger partial charge in [-0.25, -0.2) is 9.78 Å². The van der Waals surface area contributed by atoms with Gasteiger partial charge in [0, 0.05) is 67.1 Å². The highest BCUT2D eigenvalue weighted by Crippen LogP contribution is 2.22. The maximum absolute atomic E-state index is 14.9. The molecule has 0 saturated carbocycles. The lowest BCUT2D eigenvalue weighted by molar-refractivity contribution is -0.143. The molecule has 118 heavy (non-hydrogen) atoms. The van der Waals surface area contributed by atoms with Gasteiger partial charge in [0.15, 0.2) is 5.96 Å². The van der Waals surface area contributed by atoms with Gasteiger partial charge in [-0.05, 0) is 82.3 Å². The lowest BCUT2D eigenvalue weighted by atomic mass is 10.0. The second-order valence-corrected chi connectivity index (χ2v) is 29.2. The zero-order chi connectivity index (χ0) is 88.4. The topological polar surface area (TPSA) is 752 Å². The zero-order valence-electron chi connectivity index (χ0n) is 65.8. The van der Waals surface area contributed by atoms with Gasteiger partial charge in [0.2, 0.25) is 88.6 Å². The average Bonchev–Trinajstić information content (AvgIpc) is 1.64. The number of carbonyl (C=O) groups excluding carboxylic acids is 15. The number of benzene rings is 1. The van der Waals surface area contributed by atoms with E-state index in [-0.39, 0.29) is 87.8 Å². The van der Waals surface area contributed by atoms with Gasteiger partial charge < -0.3 is 143 Å². The summed E-state index contributed by atoms with van der Waals surface area (Å²) in [6, 6.07) is -16.5. The first-order chi connectivity index (χ1) is 55.6. The van der Waals surface area contributed by atoms with Gasteiger partial charge in [0.1, 0.15) is 78.5 Å². The van der Waals surface area contributed by atoms with Crippen molar-refractivity contribution in [3.05, 3.63) is 54.2 Å². The van der Waals surface area contributed by atoms with Gasteiger partial charge in [-0.3, -0.25) is 81.7 Å². The maximum atomic E-state index is 14.9. The molecule has 1 aliphatic heterocycles. The number of fused-ring (bicyclic) bond motifs is 1. The Bertz CT molecular complexity index is 4010. The fourth-order valence-electron chi connectivity index (χ4n) is 12.1. The molecular formula is C71H110N22O24S. The minimum Gasteiger partial charge on any atom is -0.481 e. The Kier molecular flexibility index (Phi) is 40.8. The van der Waals surface area contributed by atoms with Crippen LogP contribution in [-0.4, -0.2) is 304 Å². The molecule has 15 amide bonds. The molecule has 16 unspecified atom stereocenters. The van der Waals surface area contributed by atoms with Gasteiger partial charge in [-0.15, -0.1) is 0 Å². The van der Waals surface area contributed by atoms with Crippen molar-refractivity contribution in [1.82, 2.24) is 89.0 Å². The molecular weight excluding hydrogens is 1580 g/mol. The molecule has 16 atom stereocenters. The summed E-state index contributed by atoms with van der Waals surface area (Å²) in [5.41, 5.74) is 23.3. The Balaban J connectivity index is 1.52. The van der Waals surface area contributed by atoms with E-state index in [1.165, 1.54) is 12.5 Å². The van der Waals surface area contributed by atoms with Crippen molar-refractivity contribution in [1.29, 1.82) is 0 Å². The van der Waals surface area contributed by atoms with E-state index >= 15 is 0 Å². The van der Waals surface area contributed by atoms with E-state index in [0.29, 0.717) is 16.5 Å². The van der Waals surface area contributed by atoms with Gasteiger partial charge >= 0.3 is 11.9 Å². The number of aliphatic hydroxyl groups is 5. The van der Waals surface area contributed by atoms with Crippen molar-refractivity contribution in [2.24, 2.45) is 39.8 Å². The summed E-state index contributed by atoms with van der Waals surface area (Å²) < 4.78 is 0. The molecule has 1 aliphatic rings. The predicted molar refractivity (Wildman–Crippen MR) is 419 cm³/mol. The molecule has 0 bridgehead atoms. The van der Waals surface area contributed by atoms with E-state index in [1.54, 1.807) is 58.2 Å². The number of carboxylic acids is 2. The average molecular weight is 1690 g/mol. The van der Waals surface area contributed by atoms with Crippen molar-refractivity contribution in [2.75, 3.05) is 45.2 Å². The van der Waals surface area contributed by atoms with Crippen LogP contribution in [0.5, 0.6) is 0 Å². The minimum atomic E-state index is -2.09. The van der Waals surface area contributed by atoms with Crippen molar-refractivity contribution in [3.63, 3.8) is 0 Å². The summed E-state index contributed by atoms with van der Waals surface area (Å²) in [4.78, 5) is 244. The van der Waals surface area contributed by atoms with Gasteiger partial charge in [0.25, 0.3) is 0 Å². The quantitative estimate of drug-likeness (QED) is 0.0108. The number of thiol groups is 1. The Morgan fingerprint density at radius 1 is 0.568 bits per heavy atom. The number of aromatic nitrogens is 3. The third kappa shape index (κ3) is 32.1. The number of primary amides is 1. The first-order valence-corrected chi connectivity index (χ1v) is 38.3. The highest BCUT2D eigenvalue weighted by Gasteiger charge is 2.43. The van der Waals surface area contributed by atoms with Crippen molar-refractivity contribution in [3.8, 4) is 0 Å². The van der Waals surface area contributed by atoms with E-state index in [2.05, 4.69) is 102 Å². The molecule has 2 aromatic heterocycles. The molecule has 3 heterocycles. The molecule has 1 fully saturated rings. The third-order valence-corrected chi connectivity index (χ3v) is 18.6. The SMILES string of the molecule is CC(C)CC(NC(=O)C(CO)NC(=O)C1CCCN1C(=O)C(Cc1cnc[nH]1)NC(=O)C(CCCN=C(N)N)NC(=O)C(CCC(=O)O)NC(=O)C(NC(=O)C(NC(=O)C(CC(C)C)NC(=O)C(CO)NC(=O)CNC(=O)C(CS)NC(=O)C(N)CC(N)=O)C(C)O)C(C)O)C(=O)NC(CO)C(=O)NC(Cc1c[nH]c2ccccc12)C(=O)O. The largest absolute Gasteiger partial charge is 0.481 e. The minimum absolute atomic E-state index is 0.0427. The van der Waals surface area contributed by atoms with E-state index in [4.69, 9.17) is 22.9 Å². The van der Waals surface area contributed by atoms with E-state index < -0.39 is 249 Å². The van der Waals surface area contributed by atoms with E-state index in [1.807, 2.05) is 0 Å². The fourth-order valence-corrected chi connectivity index (χ4v) is 12.4. The monoisotopic (exact) mass is 1690 g/mol. The van der Waals surface area contributed by atoms with Crippen LogP contribution in [0.3, 0.4) is 0 Å². The number of carbonyl (C=O) groups is 17. The molecule has 3 aromatic rings. The van der Waals surface area contributed by atoms with Crippen molar-refractivity contribution >= 4 is 130 Å². The number of hydrogen-bond acceptors (Lipinski definition) is 26. The Morgan fingerprint density at radius 2 is 1.05 bits per heavy atom. The summed E-state index contributed by atoms with van der Waals surface area (Å²) in [7, 11) is 0. The maximum Gasteiger partial charge on any atom is 0.326 e. The fraction of sp³-hybridized carbons (Fsp3) is 0.592. The lowest BCUT2D eigenvalue weighted by Gasteiger charge is -2.31. The Morgan fingerprint density at radius 3 is 1.58 bits per heavy atom. The number of carboxylic acid groups (broad SMARTS) is 2. The number of amides is 15. The van der Waals surface area contributed by atoms with Gasteiger partial charge in [-0.2, -0.15) is 12.6 Å². The Hall–Kier alpha value is -11.7. The summed E-state index contributed by atoms with van der Waals surface area (Å²) in [5.74, 6) is -20.7. The number of hydrogen-bond donors (Lipinski definition) is 27. The highest BCUT2D eigenvalue weighted by molar-refractivity contribution is 7.80. The summed E-state index contributed by atoms with van der Waals surface area (Å²) in [6.45, 7) is 4.35. The summed E-state index contributed by atoms with van der Waals surface area (Å²) >= 11 is 4.00. The molecule has 0 aliphatic carbocycles. The number of H-pyrrole nitrogens is 2. The number of imidazole rings is 1. The molecule has 4 rings (SSSR count). The number of guanidine groups is 1. The number of para-hydroxylation sites is 1. The normalized spacial score (nSPS) is 16.4. The van der Waals surface area contributed by atoms with Gasteiger partial charge in [-0.1, -0.05) is 45.9 Å². The molecule has 1 aromatic carbocycles. The molecule has 654 valence electrons. The second kappa shape index (κ2) is 48.8. The number of nitrogens with two attached hydrogens (primary N) is 4. The first-order valence-electron chi connectivity index (χ1n) is 37.7. The number of aliphatic imine (C=N–C) groups is 1. The predicted octanol–water partition coefficient (Wildman–Crippen LogP) is -10.4. The summed E-state index contributed by atoms with van der Waals surface area (Å²) in [5, 5.41) is 104. The number of aliphatic carboxylic acids is 2. The zero-order valence-corrected chi connectivity index (χ0v) is 66.7. The lowest BCUT2D eigenvalue weighted by Crippen LogP contribution is -2.63. The second-order valence-electron chi connectivity index (χ2n) is 28.9.